The molecule has 2 heterocycles. The number of ether oxygens (including phenoxy) is 1. The summed E-state index contributed by atoms with van der Waals surface area (Å²) in [7, 11) is 0. The molecule has 0 spiro atoms. The number of furan rings is 1. The van der Waals surface area contributed by atoms with Gasteiger partial charge in [0.15, 0.2) is 12.2 Å². The van der Waals surface area contributed by atoms with Crippen molar-refractivity contribution in [2.45, 2.75) is 13.5 Å². The van der Waals surface area contributed by atoms with Crippen molar-refractivity contribution in [2.24, 2.45) is 5.73 Å². The van der Waals surface area contributed by atoms with Gasteiger partial charge >= 0.3 is 0 Å². The van der Waals surface area contributed by atoms with Crippen molar-refractivity contribution >= 4 is 16.9 Å². The Morgan fingerprint density at radius 1 is 1.45 bits per heavy atom. The molecular weight excluding hydrogens is 260 g/mol. The van der Waals surface area contributed by atoms with E-state index in [4.69, 9.17) is 19.3 Å². The number of nitrogens with zero attached hydrogens (tertiary/aromatic N) is 1. The number of hydrogen-bond acceptors (Lipinski definition) is 5. The normalized spacial score (nSPS) is 10.8. The van der Waals surface area contributed by atoms with E-state index in [9.17, 15) is 4.79 Å². The molecule has 0 radical (unpaired) electrons. The van der Waals surface area contributed by atoms with Crippen molar-refractivity contribution in [3.05, 3.63) is 47.9 Å². The number of carbonyl (C=O) groups is 1. The number of oxazole rings is 1. The highest BCUT2D eigenvalue weighted by atomic mass is 16.5. The summed E-state index contributed by atoms with van der Waals surface area (Å²) < 4.78 is 16.1. The predicted octanol–water partition coefficient (Wildman–Crippen LogP) is 2.41. The van der Waals surface area contributed by atoms with Crippen molar-refractivity contribution in [2.75, 3.05) is 0 Å². The van der Waals surface area contributed by atoms with Gasteiger partial charge in [0.05, 0.1) is 11.8 Å². The smallest absolute Gasteiger partial charge is 0.252 e. The molecule has 0 bridgehead atoms. The van der Waals surface area contributed by atoms with E-state index in [0.29, 0.717) is 33.8 Å². The molecule has 2 N–H and O–H groups in total. The summed E-state index contributed by atoms with van der Waals surface area (Å²) in [6.07, 6.45) is 2.92. The molecule has 102 valence electrons. The molecule has 6 nitrogen and oxygen atoms in total. The van der Waals surface area contributed by atoms with Gasteiger partial charge in [-0.25, -0.2) is 4.98 Å². The maximum absolute atomic E-state index is 11.5. The fraction of sp³-hybridized carbons (Fsp3) is 0.143. The Kier molecular flexibility index (Phi) is 2.90. The Bertz CT molecular complexity index is 759. The summed E-state index contributed by atoms with van der Waals surface area (Å²) in [5, 5.41) is 0.644. The van der Waals surface area contributed by atoms with Gasteiger partial charge in [0, 0.05) is 5.39 Å². The van der Waals surface area contributed by atoms with Crippen LogP contribution in [0.25, 0.3) is 11.0 Å². The zero-order valence-electron chi connectivity index (χ0n) is 10.8. The first-order chi connectivity index (χ1) is 9.65. The lowest BCUT2D eigenvalue weighted by molar-refractivity contribution is 0.1000. The van der Waals surface area contributed by atoms with Gasteiger partial charge < -0.3 is 19.3 Å². The van der Waals surface area contributed by atoms with Gasteiger partial charge in [-0.05, 0) is 25.1 Å². The minimum atomic E-state index is -0.520. The van der Waals surface area contributed by atoms with Crippen molar-refractivity contribution in [1.29, 1.82) is 0 Å². The van der Waals surface area contributed by atoms with E-state index >= 15 is 0 Å². The number of rotatable bonds is 4. The second-order valence-corrected chi connectivity index (χ2v) is 4.31. The molecule has 1 aromatic carbocycles. The molecule has 0 saturated carbocycles. The molecule has 3 rings (SSSR count). The summed E-state index contributed by atoms with van der Waals surface area (Å²) in [4.78, 5) is 15.3. The molecule has 1 amide bonds. The van der Waals surface area contributed by atoms with Crippen LogP contribution >= 0.6 is 0 Å². The largest absolute Gasteiger partial charge is 0.486 e. The molecule has 6 heteroatoms. The van der Waals surface area contributed by atoms with E-state index in [2.05, 4.69) is 4.98 Å². The number of fused-ring (bicyclic) bond motifs is 1. The predicted molar refractivity (Wildman–Crippen MR) is 70.3 cm³/mol. The molecule has 3 aromatic rings. The number of aryl methyl sites for hydroxylation is 1. The van der Waals surface area contributed by atoms with E-state index < -0.39 is 5.91 Å². The number of hydrogen-bond donors (Lipinski definition) is 1. The van der Waals surface area contributed by atoms with E-state index in [0.717, 1.165) is 0 Å². The molecule has 20 heavy (non-hydrogen) atoms. The third-order valence-electron chi connectivity index (χ3n) is 2.95. The molecule has 2 aromatic heterocycles. The van der Waals surface area contributed by atoms with E-state index in [1.807, 2.05) is 0 Å². The lowest BCUT2D eigenvalue weighted by Gasteiger charge is -2.03. The lowest BCUT2D eigenvalue weighted by Crippen LogP contribution is -2.11. The van der Waals surface area contributed by atoms with E-state index in [-0.39, 0.29) is 6.61 Å². The quantitative estimate of drug-likeness (QED) is 0.787. The first kappa shape index (κ1) is 12.3. The van der Waals surface area contributed by atoms with Crippen LogP contribution in [0.5, 0.6) is 5.75 Å². The standard InChI is InChI=1S/C14H12N2O4/c1-8-13(14(15)17)11-4-9(2-3-12(11)20-8)18-6-10-5-16-7-19-10/h2-5,7H,6H2,1H3,(H2,15,17). The average Bonchev–Trinajstić information content (AvgIpc) is 3.01. The highest BCUT2D eigenvalue weighted by molar-refractivity contribution is 6.06. The number of nitrogens with two attached hydrogens (primary N) is 1. The van der Waals surface area contributed by atoms with Gasteiger partial charge in [0.25, 0.3) is 5.91 Å². The number of primary amides is 1. The zero-order chi connectivity index (χ0) is 14.1. The van der Waals surface area contributed by atoms with Crippen LogP contribution < -0.4 is 10.5 Å². The Labute approximate surface area is 114 Å². The van der Waals surface area contributed by atoms with Crippen LogP contribution in [0.15, 0.2) is 39.6 Å². The SMILES string of the molecule is Cc1oc2ccc(OCc3cnco3)cc2c1C(N)=O. The summed E-state index contributed by atoms with van der Waals surface area (Å²) >= 11 is 0. The van der Waals surface area contributed by atoms with Crippen LogP contribution in [0.3, 0.4) is 0 Å². The minimum absolute atomic E-state index is 0.258. The van der Waals surface area contributed by atoms with Gasteiger partial charge in [-0.1, -0.05) is 0 Å². The van der Waals surface area contributed by atoms with Gasteiger partial charge in [-0.2, -0.15) is 0 Å². The molecule has 0 aliphatic rings. The van der Waals surface area contributed by atoms with Gasteiger partial charge in [-0.3, -0.25) is 4.79 Å². The van der Waals surface area contributed by atoms with Crippen molar-refractivity contribution in [3.63, 3.8) is 0 Å². The van der Waals surface area contributed by atoms with Crippen molar-refractivity contribution < 1.29 is 18.4 Å². The second-order valence-electron chi connectivity index (χ2n) is 4.31. The van der Waals surface area contributed by atoms with Gasteiger partial charge in [0.2, 0.25) is 0 Å². The van der Waals surface area contributed by atoms with Crippen LogP contribution in [0.2, 0.25) is 0 Å². The van der Waals surface area contributed by atoms with Crippen LogP contribution in [0, 0.1) is 6.92 Å². The van der Waals surface area contributed by atoms with Gasteiger partial charge in [0.1, 0.15) is 23.7 Å². The average molecular weight is 272 g/mol. The molecule has 0 aliphatic carbocycles. The summed E-state index contributed by atoms with van der Waals surface area (Å²) in [6, 6.07) is 5.22. The third-order valence-corrected chi connectivity index (χ3v) is 2.95. The third kappa shape index (κ3) is 2.11. The molecule has 0 unspecified atom stereocenters. The van der Waals surface area contributed by atoms with Crippen LogP contribution in [-0.4, -0.2) is 10.9 Å². The number of carbonyl (C=O) groups excluding carboxylic acids is 1. The summed E-state index contributed by atoms with van der Waals surface area (Å²) in [5.41, 5.74) is 6.34. The fourth-order valence-corrected chi connectivity index (χ4v) is 2.06. The van der Waals surface area contributed by atoms with Gasteiger partial charge in [-0.15, -0.1) is 0 Å². The Balaban J connectivity index is 1.93. The molecule has 0 atom stereocenters. The fourth-order valence-electron chi connectivity index (χ4n) is 2.06. The van der Waals surface area contributed by atoms with Crippen LogP contribution in [-0.2, 0) is 6.61 Å². The molecule has 0 fully saturated rings. The molecular formula is C14H12N2O4. The lowest BCUT2D eigenvalue weighted by atomic mass is 10.1. The Morgan fingerprint density at radius 3 is 3.00 bits per heavy atom. The first-order valence-corrected chi connectivity index (χ1v) is 5.98. The number of benzene rings is 1. The Hall–Kier alpha value is -2.76. The number of amides is 1. The van der Waals surface area contributed by atoms with Crippen LogP contribution in [0.1, 0.15) is 21.9 Å². The van der Waals surface area contributed by atoms with Crippen LogP contribution in [0.4, 0.5) is 0 Å². The van der Waals surface area contributed by atoms with E-state index in [1.165, 1.54) is 6.39 Å². The van der Waals surface area contributed by atoms with E-state index in [1.54, 1.807) is 31.3 Å². The highest BCUT2D eigenvalue weighted by Gasteiger charge is 2.16. The van der Waals surface area contributed by atoms with Crippen molar-refractivity contribution in [1.82, 2.24) is 4.98 Å². The highest BCUT2D eigenvalue weighted by Crippen LogP contribution is 2.29. The summed E-state index contributed by atoms with van der Waals surface area (Å²) in [6.45, 7) is 1.96. The second kappa shape index (κ2) is 4.73. The summed E-state index contributed by atoms with van der Waals surface area (Å²) in [5.74, 6) is 1.19. The minimum Gasteiger partial charge on any atom is -0.486 e. The maximum Gasteiger partial charge on any atom is 0.252 e. The topological polar surface area (TPSA) is 91.5 Å². The number of aromatic nitrogens is 1. The monoisotopic (exact) mass is 272 g/mol. The molecule has 0 aliphatic heterocycles. The first-order valence-electron chi connectivity index (χ1n) is 5.98. The Morgan fingerprint density at radius 2 is 2.30 bits per heavy atom. The molecule has 0 saturated heterocycles. The maximum atomic E-state index is 11.5. The zero-order valence-corrected chi connectivity index (χ0v) is 10.8. The van der Waals surface area contributed by atoms with Crippen molar-refractivity contribution in [3.8, 4) is 5.75 Å².